The summed E-state index contributed by atoms with van der Waals surface area (Å²) in [5.74, 6) is 0. The van der Waals surface area contributed by atoms with E-state index in [-0.39, 0.29) is 0 Å². The first-order chi connectivity index (χ1) is 8.19. The highest BCUT2D eigenvalue weighted by Crippen LogP contribution is 2.28. The van der Waals surface area contributed by atoms with Gasteiger partial charge in [0.1, 0.15) is 0 Å². The quantitative estimate of drug-likeness (QED) is 0.911. The zero-order valence-electron chi connectivity index (χ0n) is 9.90. The Kier molecular flexibility index (Phi) is 4.07. The van der Waals surface area contributed by atoms with Crippen LogP contribution in [-0.4, -0.2) is 14.1 Å². The fourth-order valence-electron chi connectivity index (χ4n) is 1.63. The second-order valence-electron chi connectivity index (χ2n) is 3.91. The van der Waals surface area contributed by atoms with Crippen LogP contribution in [0, 0.1) is 0 Å². The van der Waals surface area contributed by atoms with Crippen LogP contribution in [0.5, 0.6) is 0 Å². The molecule has 2 nitrogen and oxygen atoms in total. The molecule has 0 saturated heterocycles. The summed E-state index contributed by atoms with van der Waals surface area (Å²) in [4.78, 5) is 2.25. The van der Waals surface area contributed by atoms with Crippen LogP contribution in [0.25, 0.3) is 0 Å². The predicted molar refractivity (Wildman–Crippen MR) is 80.1 cm³/mol. The van der Waals surface area contributed by atoms with Gasteiger partial charge in [-0.25, -0.2) is 0 Å². The molecule has 17 heavy (non-hydrogen) atoms. The van der Waals surface area contributed by atoms with Crippen molar-refractivity contribution in [2.45, 2.75) is 6.54 Å². The van der Waals surface area contributed by atoms with E-state index in [1.165, 1.54) is 10.6 Å². The van der Waals surface area contributed by atoms with Crippen molar-refractivity contribution in [3.05, 3.63) is 45.7 Å². The summed E-state index contributed by atoms with van der Waals surface area (Å²) in [6, 6.07) is 10.7. The molecule has 0 radical (unpaired) electrons. The third kappa shape index (κ3) is 3.23. The third-order valence-electron chi connectivity index (χ3n) is 2.59. The Morgan fingerprint density at radius 1 is 1.29 bits per heavy atom. The molecule has 1 N–H and O–H groups in total. The number of anilines is 2. The van der Waals surface area contributed by atoms with Gasteiger partial charge in [-0.15, -0.1) is 11.3 Å². The summed E-state index contributed by atoms with van der Waals surface area (Å²) in [6.07, 6.45) is 0. The Bertz CT molecular complexity index is 478. The van der Waals surface area contributed by atoms with Crippen molar-refractivity contribution < 1.29 is 0 Å². The highest BCUT2D eigenvalue weighted by Gasteiger charge is 2.04. The van der Waals surface area contributed by atoms with Crippen molar-refractivity contribution in [2.24, 2.45) is 0 Å². The monoisotopic (exact) mass is 310 g/mol. The lowest BCUT2D eigenvalue weighted by Crippen LogP contribution is -2.14. The summed E-state index contributed by atoms with van der Waals surface area (Å²) < 4.78 is 1.15. The fourth-order valence-corrected chi connectivity index (χ4v) is 3.02. The van der Waals surface area contributed by atoms with Gasteiger partial charge in [-0.2, -0.15) is 0 Å². The van der Waals surface area contributed by atoms with E-state index >= 15 is 0 Å². The molecule has 0 aliphatic heterocycles. The minimum atomic E-state index is 0.928. The summed E-state index contributed by atoms with van der Waals surface area (Å²) in [7, 11) is 4.05. The molecule has 1 heterocycles. The average Bonchev–Trinajstić information content (AvgIpc) is 2.77. The Hall–Kier alpha value is -1.00. The minimum absolute atomic E-state index is 0.928. The van der Waals surface area contributed by atoms with Crippen LogP contribution in [0.1, 0.15) is 5.56 Å². The molecule has 0 fully saturated rings. The van der Waals surface area contributed by atoms with Crippen molar-refractivity contribution in [3.8, 4) is 0 Å². The molecule has 2 aromatic rings. The number of thiophene rings is 1. The van der Waals surface area contributed by atoms with Crippen molar-refractivity contribution in [1.82, 2.24) is 0 Å². The van der Waals surface area contributed by atoms with Crippen LogP contribution in [0.2, 0.25) is 0 Å². The van der Waals surface area contributed by atoms with Gasteiger partial charge in [-0.05, 0) is 39.7 Å². The summed E-state index contributed by atoms with van der Waals surface area (Å²) in [5.41, 5.74) is 2.46. The number of benzene rings is 1. The lowest BCUT2D eigenvalue weighted by Gasteiger charge is -2.17. The second kappa shape index (κ2) is 5.56. The molecule has 0 aliphatic carbocycles. The largest absolute Gasteiger partial charge is 0.388 e. The van der Waals surface area contributed by atoms with E-state index in [4.69, 9.17) is 0 Å². The number of nitrogens with zero attached hydrogens (tertiary/aromatic N) is 1. The molecule has 0 atom stereocenters. The Labute approximate surface area is 114 Å². The molecule has 0 unspecified atom stereocenters. The van der Waals surface area contributed by atoms with Crippen LogP contribution >= 0.6 is 27.3 Å². The Balaban J connectivity index is 2.04. The summed E-state index contributed by atoms with van der Waals surface area (Å²) in [5, 5.41) is 6.50. The fraction of sp³-hybridized carbons (Fsp3) is 0.231. The second-order valence-corrected chi connectivity index (χ2v) is 5.71. The Morgan fingerprint density at radius 2 is 2.00 bits per heavy atom. The maximum atomic E-state index is 3.48. The van der Waals surface area contributed by atoms with Crippen molar-refractivity contribution in [2.75, 3.05) is 24.3 Å². The molecule has 4 heteroatoms. The molecule has 1 aromatic carbocycles. The molecular weight excluding hydrogens is 296 g/mol. The third-order valence-corrected chi connectivity index (χ3v) is 4.40. The topological polar surface area (TPSA) is 15.3 Å². The zero-order chi connectivity index (χ0) is 12.3. The molecule has 0 spiro atoms. The predicted octanol–water partition coefficient (Wildman–Crippen LogP) is 4.19. The number of hydrogen-bond acceptors (Lipinski definition) is 3. The van der Waals surface area contributed by atoms with Gasteiger partial charge in [0.25, 0.3) is 0 Å². The summed E-state index contributed by atoms with van der Waals surface area (Å²) >= 11 is 5.23. The highest BCUT2D eigenvalue weighted by atomic mass is 79.9. The SMILES string of the molecule is CNc1ccc(CN(C)c2cc(Br)cs2)cc1. The van der Waals surface area contributed by atoms with Crippen LogP contribution in [0.4, 0.5) is 10.7 Å². The van der Waals surface area contributed by atoms with E-state index in [0.29, 0.717) is 0 Å². The smallest absolute Gasteiger partial charge is 0.0920 e. The maximum Gasteiger partial charge on any atom is 0.0920 e. The van der Waals surface area contributed by atoms with E-state index in [9.17, 15) is 0 Å². The standard InChI is InChI=1S/C13H15BrN2S/c1-15-12-5-3-10(4-6-12)8-16(2)13-7-11(14)9-17-13/h3-7,9,15H,8H2,1-2H3. The number of halogens is 1. The van der Waals surface area contributed by atoms with Crippen LogP contribution in [0.3, 0.4) is 0 Å². The maximum absolute atomic E-state index is 3.48. The van der Waals surface area contributed by atoms with Gasteiger partial charge in [-0.1, -0.05) is 12.1 Å². The lowest BCUT2D eigenvalue weighted by molar-refractivity contribution is 0.935. The highest BCUT2D eigenvalue weighted by molar-refractivity contribution is 9.10. The van der Waals surface area contributed by atoms with Gasteiger partial charge < -0.3 is 10.2 Å². The molecule has 0 bridgehead atoms. The van der Waals surface area contributed by atoms with Crippen LogP contribution in [0.15, 0.2) is 40.2 Å². The van der Waals surface area contributed by atoms with E-state index in [0.717, 1.165) is 16.7 Å². The normalized spacial score (nSPS) is 10.3. The van der Waals surface area contributed by atoms with Gasteiger partial charge in [0, 0.05) is 36.2 Å². The van der Waals surface area contributed by atoms with Crippen molar-refractivity contribution >= 4 is 38.0 Å². The van der Waals surface area contributed by atoms with Gasteiger partial charge >= 0.3 is 0 Å². The van der Waals surface area contributed by atoms with Gasteiger partial charge in [-0.3, -0.25) is 0 Å². The first-order valence-electron chi connectivity index (χ1n) is 5.41. The van der Waals surface area contributed by atoms with E-state index < -0.39 is 0 Å². The molecule has 2 rings (SSSR count). The van der Waals surface area contributed by atoms with Crippen molar-refractivity contribution in [3.63, 3.8) is 0 Å². The first-order valence-corrected chi connectivity index (χ1v) is 7.08. The van der Waals surface area contributed by atoms with Crippen LogP contribution < -0.4 is 10.2 Å². The van der Waals surface area contributed by atoms with Crippen molar-refractivity contribution in [1.29, 1.82) is 0 Å². The number of hydrogen-bond donors (Lipinski definition) is 1. The van der Waals surface area contributed by atoms with Gasteiger partial charge in [0.2, 0.25) is 0 Å². The molecule has 0 saturated carbocycles. The molecule has 0 amide bonds. The van der Waals surface area contributed by atoms with E-state index in [1.54, 1.807) is 11.3 Å². The number of nitrogens with one attached hydrogen (secondary N) is 1. The van der Waals surface area contributed by atoms with Crippen LogP contribution in [-0.2, 0) is 6.54 Å². The van der Waals surface area contributed by atoms with Gasteiger partial charge in [0.05, 0.1) is 5.00 Å². The van der Waals surface area contributed by atoms with E-state index in [1.807, 2.05) is 7.05 Å². The van der Waals surface area contributed by atoms with E-state index in [2.05, 4.69) is 68.9 Å². The lowest BCUT2D eigenvalue weighted by atomic mass is 10.2. The molecular formula is C13H15BrN2S. The molecule has 90 valence electrons. The Morgan fingerprint density at radius 3 is 2.53 bits per heavy atom. The average molecular weight is 311 g/mol. The first kappa shape index (κ1) is 12.5. The summed E-state index contributed by atoms with van der Waals surface area (Å²) in [6.45, 7) is 0.928. The zero-order valence-corrected chi connectivity index (χ0v) is 12.3. The minimum Gasteiger partial charge on any atom is -0.388 e. The van der Waals surface area contributed by atoms with Gasteiger partial charge in [0.15, 0.2) is 0 Å². The molecule has 1 aromatic heterocycles. The number of rotatable bonds is 4. The molecule has 0 aliphatic rings.